The number of likely N-dealkylation sites (N-methyl/N-ethyl adjacent to an activating group) is 1. The van der Waals surface area contributed by atoms with E-state index in [2.05, 4.69) is 17.3 Å². The molecule has 0 aliphatic carbocycles. The molecular formula is C8H16N2. The second-order valence-corrected chi connectivity index (χ2v) is 3.76. The van der Waals surface area contributed by atoms with Crippen LogP contribution in [0, 0.1) is 5.92 Å². The maximum absolute atomic E-state index is 3.54. The van der Waals surface area contributed by atoms with Crippen LogP contribution in [0.2, 0.25) is 0 Å². The van der Waals surface area contributed by atoms with Crippen LogP contribution in [-0.4, -0.2) is 37.6 Å². The Balaban J connectivity index is 1.98. The Morgan fingerprint density at radius 2 is 2.30 bits per heavy atom. The van der Waals surface area contributed by atoms with Crippen molar-refractivity contribution in [2.24, 2.45) is 5.92 Å². The summed E-state index contributed by atoms with van der Waals surface area (Å²) in [6.07, 6.45) is 2.81. The molecule has 2 nitrogen and oxygen atoms in total. The average Bonchev–Trinajstić information content (AvgIpc) is 1.85. The Morgan fingerprint density at radius 3 is 3.10 bits per heavy atom. The van der Waals surface area contributed by atoms with Crippen molar-refractivity contribution >= 4 is 0 Å². The van der Waals surface area contributed by atoms with Gasteiger partial charge in [0.2, 0.25) is 0 Å². The standard InChI is InChI=1S/C8H16N2/c1-10-5-7-2-3-9-8(4-7)6-10/h7-9H,2-6H2,1H3. The molecule has 2 unspecified atom stereocenters. The summed E-state index contributed by atoms with van der Waals surface area (Å²) in [5.74, 6) is 0.991. The van der Waals surface area contributed by atoms with Crippen molar-refractivity contribution in [1.29, 1.82) is 0 Å². The summed E-state index contributed by atoms with van der Waals surface area (Å²) in [5, 5.41) is 3.54. The van der Waals surface area contributed by atoms with Gasteiger partial charge in [0.15, 0.2) is 0 Å². The minimum Gasteiger partial charge on any atom is -0.313 e. The van der Waals surface area contributed by atoms with Crippen LogP contribution in [0.1, 0.15) is 12.8 Å². The van der Waals surface area contributed by atoms with Gasteiger partial charge in [0.25, 0.3) is 0 Å². The van der Waals surface area contributed by atoms with Crippen LogP contribution in [0.25, 0.3) is 0 Å². The van der Waals surface area contributed by atoms with Gasteiger partial charge in [-0.15, -0.1) is 0 Å². The van der Waals surface area contributed by atoms with Crippen LogP contribution < -0.4 is 5.32 Å². The molecule has 2 aliphatic rings. The zero-order valence-electron chi connectivity index (χ0n) is 6.64. The normalized spacial score (nSPS) is 41.7. The first kappa shape index (κ1) is 6.62. The first-order chi connectivity index (χ1) is 4.84. The molecule has 10 heavy (non-hydrogen) atoms. The third kappa shape index (κ3) is 1.18. The lowest BCUT2D eigenvalue weighted by Gasteiger charge is -2.40. The van der Waals surface area contributed by atoms with Crippen LogP contribution >= 0.6 is 0 Å². The number of likely N-dealkylation sites (tertiary alicyclic amines) is 1. The quantitative estimate of drug-likeness (QED) is 0.520. The molecule has 2 saturated heterocycles. The summed E-state index contributed by atoms with van der Waals surface area (Å²) in [4.78, 5) is 2.45. The zero-order valence-corrected chi connectivity index (χ0v) is 6.64. The fourth-order valence-corrected chi connectivity index (χ4v) is 2.29. The molecule has 2 fully saturated rings. The molecule has 2 heteroatoms. The summed E-state index contributed by atoms with van der Waals surface area (Å²) < 4.78 is 0. The van der Waals surface area contributed by atoms with E-state index in [1.54, 1.807) is 0 Å². The van der Waals surface area contributed by atoms with E-state index < -0.39 is 0 Å². The Morgan fingerprint density at radius 1 is 1.40 bits per heavy atom. The SMILES string of the molecule is CN1CC2CCNC(C2)C1. The second-order valence-electron chi connectivity index (χ2n) is 3.76. The summed E-state index contributed by atoms with van der Waals surface area (Å²) in [6, 6.07) is 0.803. The maximum Gasteiger partial charge on any atom is 0.0198 e. The maximum atomic E-state index is 3.54. The van der Waals surface area contributed by atoms with Gasteiger partial charge in [-0.1, -0.05) is 0 Å². The predicted molar refractivity (Wildman–Crippen MR) is 42.0 cm³/mol. The van der Waals surface area contributed by atoms with E-state index in [-0.39, 0.29) is 0 Å². The fraction of sp³-hybridized carbons (Fsp3) is 1.00. The van der Waals surface area contributed by atoms with Crippen molar-refractivity contribution < 1.29 is 0 Å². The third-order valence-electron chi connectivity index (χ3n) is 2.71. The van der Waals surface area contributed by atoms with E-state index in [0.717, 1.165) is 12.0 Å². The van der Waals surface area contributed by atoms with Crippen LogP contribution in [-0.2, 0) is 0 Å². The molecule has 58 valence electrons. The first-order valence-corrected chi connectivity index (χ1v) is 4.26. The average molecular weight is 140 g/mol. The van der Waals surface area contributed by atoms with E-state index >= 15 is 0 Å². The smallest absolute Gasteiger partial charge is 0.0198 e. The van der Waals surface area contributed by atoms with Crippen molar-refractivity contribution in [2.45, 2.75) is 18.9 Å². The van der Waals surface area contributed by atoms with Gasteiger partial charge in [-0.25, -0.2) is 0 Å². The van der Waals surface area contributed by atoms with Gasteiger partial charge < -0.3 is 10.2 Å². The highest BCUT2D eigenvalue weighted by molar-refractivity contribution is 4.86. The van der Waals surface area contributed by atoms with Crippen LogP contribution in [0.3, 0.4) is 0 Å². The predicted octanol–water partition coefficient (Wildman–Crippen LogP) is 0.300. The highest BCUT2D eigenvalue weighted by atomic mass is 15.2. The number of piperidine rings is 2. The van der Waals surface area contributed by atoms with Crippen LogP contribution in [0.5, 0.6) is 0 Å². The monoisotopic (exact) mass is 140 g/mol. The number of rotatable bonds is 0. The van der Waals surface area contributed by atoms with Crippen LogP contribution in [0.15, 0.2) is 0 Å². The van der Waals surface area contributed by atoms with Crippen molar-refractivity contribution in [3.05, 3.63) is 0 Å². The van der Waals surface area contributed by atoms with E-state index in [0.29, 0.717) is 0 Å². The van der Waals surface area contributed by atoms with Gasteiger partial charge in [-0.2, -0.15) is 0 Å². The Hall–Kier alpha value is -0.0800. The molecule has 0 aromatic carbocycles. The Kier molecular flexibility index (Phi) is 1.66. The van der Waals surface area contributed by atoms with Gasteiger partial charge in [0.05, 0.1) is 0 Å². The first-order valence-electron chi connectivity index (χ1n) is 4.26. The molecule has 2 atom stereocenters. The molecule has 0 aromatic rings. The van der Waals surface area contributed by atoms with Crippen molar-refractivity contribution in [3.8, 4) is 0 Å². The highest BCUT2D eigenvalue weighted by Crippen LogP contribution is 2.21. The topological polar surface area (TPSA) is 15.3 Å². The van der Waals surface area contributed by atoms with Crippen molar-refractivity contribution in [1.82, 2.24) is 10.2 Å². The van der Waals surface area contributed by atoms with Gasteiger partial charge >= 0.3 is 0 Å². The van der Waals surface area contributed by atoms with E-state index in [9.17, 15) is 0 Å². The minimum atomic E-state index is 0.803. The molecular weight excluding hydrogens is 124 g/mol. The zero-order chi connectivity index (χ0) is 6.97. The molecule has 1 N–H and O–H groups in total. The van der Waals surface area contributed by atoms with Gasteiger partial charge in [0, 0.05) is 19.1 Å². The number of fused-ring (bicyclic) bond motifs is 2. The van der Waals surface area contributed by atoms with E-state index in [1.165, 1.54) is 32.5 Å². The Labute approximate surface area is 62.6 Å². The van der Waals surface area contributed by atoms with Gasteiger partial charge in [0.1, 0.15) is 0 Å². The minimum absolute atomic E-state index is 0.803. The largest absolute Gasteiger partial charge is 0.313 e. The second kappa shape index (κ2) is 2.51. The molecule has 0 saturated carbocycles. The summed E-state index contributed by atoms with van der Waals surface area (Å²) in [6.45, 7) is 3.85. The Bertz CT molecular complexity index is 108. The molecule has 0 radical (unpaired) electrons. The number of nitrogens with zero attached hydrogens (tertiary/aromatic N) is 1. The number of hydrogen-bond donors (Lipinski definition) is 1. The van der Waals surface area contributed by atoms with Gasteiger partial charge in [-0.05, 0) is 32.4 Å². The van der Waals surface area contributed by atoms with E-state index in [1.807, 2.05) is 0 Å². The summed E-state index contributed by atoms with van der Waals surface area (Å²) >= 11 is 0. The lowest BCUT2D eigenvalue weighted by Crippen LogP contribution is -2.52. The van der Waals surface area contributed by atoms with Gasteiger partial charge in [-0.3, -0.25) is 0 Å². The van der Waals surface area contributed by atoms with Crippen LogP contribution in [0.4, 0.5) is 0 Å². The number of nitrogens with one attached hydrogen (secondary N) is 1. The molecule has 0 spiro atoms. The third-order valence-corrected chi connectivity index (χ3v) is 2.71. The summed E-state index contributed by atoms with van der Waals surface area (Å²) in [5.41, 5.74) is 0. The fourth-order valence-electron chi connectivity index (χ4n) is 2.29. The molecule has 0 amide bonds. The number of hydrogen-bond acceptors (Lipinski definition) is 2. The highest BCUT2D eigenvalue weighted by Gasteiger charge is 2.27. The molecule has 2 rings (SSSR count). The lowest BCUT2D eigenvalue weighted by atomic mass is 9.88. The molecule has 2 aliphatic heterocycles. The lowest BCUT2D eigenvalue weighted by molar-refractivity contribution is 0.134. The van der Waals surface area contributed by atoms with Crippen molar-refractivity contribution in [3.63, 3.8) is 0 Å². The summed E-state index contributed by atoms with van der Waals surface area (Å²) in [7, 11) is 2.23. The molecule has 2 bridgehead atoms. The molecule has 0 aromatic heterocycles. The molecule has 2 heterocycles. The van der Waals surface area contributed by atoms with Crippen molar-refractivity contribution in [2.75, 3.05) is 26.7 Å². The van der Waals surface area contributed by atoms with E-state index in [4.69, 9.17) is 0 Å².